The number of carboxylic acid groups (broad SMARTS) is 1. The maximum Gasteiger partial charge on any atom is 0.404 e. The molecular weight excluding hydrogens is 234 g/mol. The molecule has 1 fully saturated rings. The second kappa shape index (κ2) is 7.08. The number of hydrogen-bond acceptors (Lipinski definition) is 2. The molecule has 3 amide bonds. The van der Waals surface area contributed by atoms with Gasteiger partial charge in [0.1, 0.15) is 0 Å². The van der Waals surface area contributed by atoms with Gasteiger partial charge in [0.2, 0.25) is 0 Å². The van der Waals surface area contributed by atoms with Gasteiger partial charge in [0, 0.05) is 13.6 Å². The second-order valence-electron chi connectivity index (χ2n) is 5.10. The van der Waals surface area contributed by atoms with E-state index in [0.717, 1.165) is 19.3 Å². The fourth-order valence-electron chi connectivity index (χ4n) is 2.60. The summed E-state index contributed by atoms with van der Waals surface area (Å²) in [6.45, 7) is 0.331. The molecule has 0 bridgehead atoms. The first-order valence-electron chi connectivity index (χ1n) is 6.49. The number of hydrogen-bond donors (Lipinski definition) is 3. The second-order valence-corrected chi connectivity index (χ2v) is 5.10. The summed E-state index contributed by atoms with van der Waals surface area (Å²) in [6.07, 6.45) is 5.75. The highest BCUT2D eigenvalue weighted by molar-refractivity contribution is 5.71. The Morgan fingerprint density at radius 2 is 2.00 bits per heavy atom. The highest BCUT2D eigenvalue weighted by Crippen LogP contribution is 2.27. The zero-order valence-electron chi connectivity index (χ0n) is 10.9. The molecule has 1 aliphatic carbocycles. The van der Waals surface area contributed by atoms with Crippen LogP contribution in [0.1, 0.15) is 38.5 Å². The van der Waals surface area contributed by atoms with Gasteiger partial charge in [-0.05, 0) is 12.3 Å². The molecule has 1 saturated carbocycles. The first-order valence-corrected chi connectivity index (χ1v) is 6.49. The summed E-state index contributed by atoms with van der Waals surface area (Å²) >= 11 is 0. The maximum absolute atomic E-state index is 11.0. The molecule has 0 aromatic rings. The van der Waals surface area contributed by atoms with Crippen molar-refractivity contribution >= 4 is 12.1 Å². The number of urea groups is 1. The van der Waals surface area contributed by atoms with Crippen molar-refractivity contribution < 1.29 is 14.7 Å². The van der Waals surface area contributed by atoms with E-state index in [1.54, 1.807) is 7.05 Å². The summed E-state index contributed by atoms with van der Waals surface area (Å²) in [7, 11) is 1.58. The summed E-state index contributed by atoms with van der Waals surface area (Å²) in [5.41, 5.74) is 5.16. The number of primary amides is 1. The summed E-state index contributed by atoms with van der Waals surface area (Å²) in [4.78, 5) is 23.1. The van der Waals surface area contributed by atoms with Crippen LogP contribution in [0.4, 0.5) is 9.59 Å². The van der Waals surface area contributed by atoms with Crippen molar-refractivity contribution in [2.45, 2.75) is 44.6 Å². The lowest BCUT2D eigenvalue weighted by Crippen LogP contribution is -2.46. The Morgan fingerprint density at radius 1 is 1.39 bits per heavy atom. The minimum atomic E-state index is -1.05. The predicted octanol–water partition coefficient (Wildman–Crippen LogP) is 1.60. The van der Waals surface area contributed by atoms with E-state index in [2.05, 4.69) is 5.32 Å². The summed E-state index contributed by atoms with van der Waals surface area (Å²) in [5, 5.41) is 11.3. The predicted molar refractivity (Wildman–Crippen MR) is 68.4 cm³/mol. The first kappa shape index (κ1) is 14.6. The lowest BCUT2D eigenvalue weighted by atomic mass is 9.85. The van der Waals surface area contributed by atoms with Gasteiger partial charge in [0.15, 0.2) is 0 Å². The molecule has 1 aliphatic rings. The Morgan fingerprint density at radius 3 is 2.50 bits per heavy atom. The van der Waals surface area contributed by atoms with E-state index < -0.39 is 12.1 Å². The van der Waals surface area contributed by atoms with Crippen LogP contribution in [-0.2, 0) is 0 Å². The molecule has 0 spiro atoms. The van der Waals surface area contributed by atoms with E-state index in [4.69, 9.17) is 10.8 Å². The van der Waals surface area contributed by atoms with Gasteiger partial charge in [0.05, 0.1) is 6.04 Å². The largest absolute Gasteiger partial charge is 0.465 e. The number of nitrogens with two attached hydrogens (primary N) is 1. The van der Waals surface area contributed by atoms with E-state index in [1.165, 1.54) is 24.2 Å². The molecule has 1 atom stereocenters. The number of amides is 3. The molecule has 18 heavy (non-hydrogen) atoms. The van der Waals surface area contributed by atoms with Crippen molar-refractivity contribution in [2.24, 2.45) is 11.7 Å². The zero-order chi connectivity index (χ0) is 13.5. The van der Waals surface area contributed by atoms with Gasteiger partial charge in [-0.2, -0.15) is 0 Å². The molecule has 0 unspecified atom stereocenters. The minimum absolute atomic E-state index is 0.233. The van der Waals surface area contributed by atoms with Gasteiger partial charge in [-0.25, -0.2) is 9.59 Å². The third kappa shape index (κ3) is 5.25. The Hall–Kier alpha value is -1.46. The summed E-state index contributed by atoms with van der Waals surface area (Å²) in [6, 6.07) is -0.765. The molecule has 4 N–H and O–H groups in total. The van der Waals surface area contributed by atoms with E-state index in [9.17, 15) is 9.59 Å². The molecular formula is C12H23N3O3. The standard InChI is InChI=1S/C12H23N3O3/c1-15(11(13)16)8-10(14-12(17)18)7-9-5-3-2-4-6-9/h9-10,14H,2-8H2,1H3,(H2,13,16)(H,17,18)/t10-/m0/s1. The molecule has 0 aliphatic heterocycles. The van der Waals surface area contributed by atoms with Crippen LogP contribution >= 0.6 is 0 Å². The van der Waals surface area contributed by atoms with Crippen LogP contribution in [0.25, 0.3) is 0 Å². The monoisotopic (exact) mass is 257 g/mol. The molecule has 0 saturated heterocycles. The lowest BCUT2D eigenvalue weighted by Gasteiger charge is -2.28. The number of carbonyl (C=O) groups excluding carboxylic acids is 1. The Balaban J connectivity index is 2.48. The molecule has 0 aromatic heterocycles. The van der Waals surface area contributed by atoms with E-state index in [0.29, 0.717) is 12.5 Å². The highest BCUT2D eigenvalue weighted by atomic mass is 16.4. The summed E-state index contributed by atoms with van der Waals surface area (Å²) < 4.78 is 0. The van der Waals surface area contributed by atoms with Crippen LogP contribution in [0.2, 0.25) is 0 Å². The maximum atomic E-state index is 11.0. The van der Waals surface area contributed by atoms with Crippen LogP contribution in [0.3, 0.4) is 0 Å². The van der Waals surface area contributed by atoms with Gasteiger partial charge in [-0.3, -0.25) is 0 Å². The third-order valence-electron chi connectivity index (χ3n) is 3.54. The topological polar surface area (TPSA) is 95.7 Å². The SMILES string of the molecule is CN(C[C@H](CC1CCCCC1)NC(=O)O)C(N)=O. The summed E-state index contributed by atoms with van der Waals surface area (Å²) in [5.74, 6) is 0.553. The number of likely N-dealkylation sites (N-methyl/N-ethyl adjacent to an activating group) is 1. The molecule has 104 valence electrons. The van der Waals surface area contributed by atoms with Crippen molar-refractivity contribution in [3.63, 3.8) is 0 Å². The normalized spacial score (nSPS) is 18.1. The van der Waals surface area contributed by atoms with E-state index in [-0.39, 0.29) is 6.04 Å². The highest BCUT2D eigenvalue weighted by Gasteiger charge is 2.22. The number of nitrogens with one attached hydrogen (secondary N) is 1. The van der Waals surface area contributed by atoms with Crippen LogP contribution in [0.15, 0.2) is 0 Å². The third-order valence-corrected chi connectivity index (χ3v) is 3.54. The van der Waals surface area contributed by atoms with Gasteiger partial charge < -0.3 is 21.1 Å². The fraction of sp³-hybridized carbons (Fsp3) is 0.833. The van der Waals surface area contributed by atoms with Crippen molar-refractivity contribution in [1.82, 2.24) is 10.2 Å². The number of carbonyl (C=O) groups is 2. The Bertz CT molecular complexity index is 290. The fourth-order valence-corrected chi connectivity index (χ4v) is 2.60. The molecule has 0 aromatic carbocycles. The zero-order valence-corrected chi connectivity index (χ0v) is 10.9. The minimum Gasteiger partial charge on any atom is -0.465 e. The van der Waals surface area contributed by atoms with Crippen molar-refractivity contribution in [2.75, 3.05) is 13.6 Å². The smallest absolute Gasteiger partial charge is 0.404 e. The Kier molecular flexibility index (Phi) is 5.74. The van der Waals surface area contributed by atoms with Crippen molar-refractivity contribution in [3.8, 4) is 0 Å². The number of rotatable bonds is 5. The molecule has 0 heterocycles. The van der Waals surface area contributed by atoms with Gasteiger partial charge in [-0.15, -0.1) is 0 Å². The van der Waals surface area contributed by atoms with Crippen LogP contribution in [0.5, 0.6) is 0 Å². The quantitative estimate of drug-likeness (QED) is 0.698. The molecule has 0 radical (unpaired) electrons. The first-order chi connectivity index (χ1) is 8.49. The lowest BCUT2D eigenvalue weighted by molar-refractivity contribution is 0.176. The molecule has 6 heteroatoms. The van der Waals surface area contributed by atoms with Crippen molar-refractivity contribution in [3.05, 3.63) is 0 Å². The van der Waals surface area contributed by atoms with Crippen LogP contribution < -0.4 is 11.1 Å². The van der Waals surface area contributed by atoms with E-state index >= 15 is 0 Å². The van der Waals surface area contributed by atoms with Crippen LogP contribution in [0, 0.1) is 5.92 Å². The van der Waals surface area contributed by atoms with Crippen molar-refractivity contribution in [1.29, 1.82) is 0 Å². The average Bonchev–Trinajstić information content (AvgIpc) is 2.29. The van der Waals surface area contributed by atoms with Crippen LogP contribution in [-0.4, -0.2) is 41.8 Å². The Labute approximate surface area is 108 Å². The molecule has 1 rings (SSSR count). The van der Waals surface area contributed by atoms with E-state index in [1.807, 2.05) is 0 Å². The number of nitrogens with zero attached hydrogens (tertiary/aromatic N) is 1. The van der Waals surface area contributed by atoms with Gasteiger partial charge in [-0.1, -0.05) is 32.1 Å². The average molecular weight is 257 g/mol. The van der Waals surface area contributed by atoms with Gasteiger partial charge >= 0.3 is 12.1 Å². The molecule has 6 nitrogen and oxygen atoms in total. The van der Waals surface area contributed by atoms with Gasteiger partial charge in [0.25, 0.3) is 0 Å².